The second-order valence-electron chi connectivity index (χ2n) is 2.76. The summed E-state index contributed by atoms with van der Waals surface area (Å²) in [5, 5.41) is 19.5. The van der Waals surface area contributed by atoms with E-state index in [4.69, 9.17) is 16.9 Å². The number of terminal acetylenes is 1. The van der Waals surface area contributed by atoms with Crippen LogP contribution in [0.5, 0.6) is 0 Å². The molecule has 16 heavy (non-hydrogen) atoms. The average molecular weight is 211 g/mol. The second kappa shape index (κ2) is 5.20. The average Bonchev–Trinajstić information content (AvgIpc) is 2.30. The van der Waals surface area contributed by atoms with Gasteiger partial charge in [0.2, 0.25) is 0 Å². The molecule has 0 bridgehead atoms. The van der Waals surface area contributed by atoms with Gasteiger partial charge in [0.15, 0.2) is 0 Å². The number of hydrogen-bond donors (Lipinski definition) is 1. The molecule has 3 nitrogen and oxygen atoms in total. The van der Waals surface area contributed by atoms with Gasteiger partial charge in [0, 0.05) is 11.9 Å². The van der Waals surface area contributed by atoms with E-state index in [0.717, 1.165) is 0 Å². The quantitative estimate of drug-likeness (QED) is 0.602. The van der Waals surface area contributed by atoms with Gasteiger partial charge >= 0.3 is 0 Å². The lowest BCUT2D eigenvalue weighted by Crippen LogP contribution is -1.92. The first-order valence-electron chi connectivity index (χ1n) is 4.24. The van der Waals surface area contributed by atoms with Crippen LogP contribution in [0.1, 0.15) is 5.56 Å². The summed E-state index contributed by atoms with van der Waals surface area (Å²) in [5.41, 5.74) is 0.483. The monoisotopic (exact) mass is 211 g/mol. The molecule has 0 fully saturated rings. The highest BCUT2D eigenvalue weighted by Crippen LogP contribution is 2.13. The summed E-state index contributed by atoms with van der Waals surface area (Å²) in [6, 6.07) is 7.52. The molecule has 0 amide bonds. The summed E-state index contributed by atoms with van der Waals surface area (Å²) in [7, 11) is 0. The highest BCUT2D eigenvalue weighted by Gasteiger charge is 2.00. The van der Waals surface area contributed by atoms with E-state index >= 15 is 0 Å². The summed E-state index contributed by atoms with van der Waals surface area (Å²) >= 11 is 0. The molecule has 1 N–H and O–H groups in total. The number of rotatable bonds is 2. The van der Waals surface area contributed by atoms with Crippen LogP contribution in [0, 0.1) is 40.8 Å². The van der Waals surface area contributed by atoms with E-state index in [0.29, 0.717) is 5.69 Å². The van der Waals surface area contributed by atoms with Crippen LogP contribution in [0.4, 0.5) is 10.1 Å². The van der Waals surface area contributed by atoms with Gasteiger partial charge in [0.05, 0.1) is 5.56 Å². The molecule has 0 saturated carbocycles. The number of nitrogens with one attached hydrogen (secondary N) is 1. The second-order valence-corrected chi connectivity index (χ2v) is 2.76. The minimum Gasteiger partial charge on any atom is -0.360 e. The standard InChI is InChI=1S/C12H6FN3/c1-2-10-3-4-11(5-12(10)13)16-8-9(6-14)7-15/h1,3-5,8,16H. The van der Waals surface area contributed by atoms with Crippen LogP contribution in [0.2, 0.25) is 0 Å². The Kier molecular flexibility index (Phi) is 3.67. The molecular weight excluding hydrogens is 205 g/mol. The van der Waals surface area contributed by atoms with E-state index in [9.17, 15) is 4.39 Å². The van der Waals surface area contributed by atoms with Crippen molar-refractivity contribution in [3.05, 3.63) is 41.4 Å². The zero-order valence-corrected chi connectivity index (χ0v) is 8.16. The molecule has 0 spiro atoms. The number of allylic oxidation sites excluding steroid dienone is 1. The number of halogens is 1. The Morgan fingerprint density at radius 3 is 2.56 bits per heavy atom. The summed E-state index contributed by atoms with van der Waals surface area (Å²) in [6.07, 6.45) is 6.26. The molecule has 1 aromatic carbocycles. The maximum atomic E-state index is 13.2. The predicted molar refractivity (Wildman–Crippen MR) is 57.3 cm³/mol. The van der Waals surface area contributed by atoms with Gasteiger partial charge in [-0.1, -0.05) is 5.92 Å². The van der Waals surface area contributed by atoms with E-state index in [1.165, 1.54) is 18.3 Å². The minimum atomic E-state index is -0.531. The largest absolute Gasteiger partial charge is 0.360 e. The van der Waals surface area contributed by atoms with Gasteiger partial charge in [-0.15, -0.1) is 6.42 Å². The van der Waals surface area contributed by atoms with Gasteiger partial charge in [-0.25, -0.2) is 4.39 Å². The van der Waals surface area contributed by atoms with E-state index in [-0.39, 0.29) is 11.1 Å². The third kappa shape index (κ3) is 2.61. The summed E-state index contributed by atoms with van der Waals surface area (Å²) < 4.78 is 13.2. The lowest BCUT2D eigenvalue weighted by atomic mass is 10.2. The van der Waals surface area contributed by atoms with Crippen LogP contribution < -0.4 is 5.32 Å². The highest BCUT2D eigenvalue weighted by atomic mass is 19.1. The van der Waals surface area contributed by atoms with Crippen LogP contribution in [-0.4, -0.2) is 0 Å². The molecule has 1 rings (SSSR count). The van der Waals surface area contributed by atoms with Crippen molar-refractivity contribution in [1.29, 1.82) is 10.5 Å². The molecule has 4 heteroatoms. The minimum absolute atomic E-state index is 0.0959. The highest BCUT2D eigenvalue weighted by molar-refractivity contribution is 5.52. The molecule has 0 saturated heterocycles. The van der Waals surface area contributed by atoms with Crippen molar-refractivity contribution < 1.29 is 4.39 Å². The van der Waals surface area contributed by atoms with Crippen LogP contribution in [0.15, 0.2) is 30.0 Å². The lowest BCUT2D eigenvalue weighted by molar-refractivity contribution is 0.625. The number of anilines is 1. The van der Waals surface area contributed by atoms with Gasteiger partial charge in [-0.05, 0) is 18.2 Å². The number of nitriles is 2. The smallest absolute Gasteiger partial charge is 0.145 e. The normalized spacial score (nSPS) is 8.12. The van der Waals surface area contributed by atoms with Crippen LogP contribution in [-0.2, 0) is 0 Å². The molecule has 0 aliphatic heterocycles. The fourth-order valence-electron chi connectivity index (χ4n) is 0.967. The van der Waals surface area contributed by atoms with Crippen molar-refractivity contribution in [2.45, 2.75) is 0 Å². The Bertz CT molecular complexity index is 537. The Morgan fingerprint density at radius 1 is 1.38 bits per heavy atom. The molecular formula is C12H6FN3. The maximum absolute atomic E-state index is 13.2. The van der Waals surface area contributed by atoms with E-state index in [1.54, 1.807) is 18.2 Å². The topological polar surface area (TPSA) is 59.6 Å². The molecule has 0 unspecified atom stereocenters. The third-order valence-corrected chi connectivity index (χ3v) is 1.75. The van der Waals surface area contributed by atoms with Gasteiger partial charge in [0.1, 0.15) is 23.5 Å². The number of hydrogen-bond acceptors (Lipinski definition) is 3. The molecule has 0 aromatic heterocycles. The summed E-state index contributed by atoms with van der Waals surface area (Å²) in [6.45, 7) is 0. The molecule has 0 aliphatic rings. The first-order chi connectivity index (χ1) is 7.71. The van der Waals surface area contributed by atoms with Gasteiger partial charge in [-0.3, -0.25) is 0 Å². The zero-order valence-electron chi connectivity index (χ0n) is 8.16. The van der Waals surface area contributed by atoms with Gasteiger partial charge in [0.25, 0.3) is 0 Å². The first-order valence-corrected chi connectivity index (χ1v) is 4.24. The SMILES string of the molecule is C#Cc1ccc(NC=C(C#N)C#N)cc1F. The summed E-state index contributed by atoms with van der Waals surface area (Å²) in [4.78, 5) is 0. The number of nitrogens with zero attached hydrogens (tertiary/aromatic N) is 2. The zero-order chi connectivity index (χ0) is 12.0. The van der Waals surface area contributed by atoms with Gasteiger partial charge in [-0.2, -0.15) is 10.5 Å². The van der Waals surface area contributed by atoms with Crippen LogP contribution in [0.25, 0.3) is 0 Å². The van der Waals surface area contributed by atoms with E-state index in [1.807, 2.05) is 0 Å². The Balaban J connectivity index is 2.91. The van der Waals surface area contributed by atoms with E-state index in [2.05, 4.69) is 11.2 Å². The molecule has 0 radical (unpaired) electrons. The molecule has 0 aliphatic carbocycles. The fourth-order valence-corrected chi connectivity index (χ4v) is 0.967. The third-order valence-electron chi connectivity index (χ3n) is 1.75. The first kappa shape index (κ1) is 11.3. The summed E-state index contributed by atoms with van der Waals surface area (Å²) in [5.74, 6) is 1.66. The van der Waals surface area contributed by atoms with E-state index < -0.39 is 5.82 Å². The molecule has 0 heterocycles. The molecule has 1 aromatic rings. The Labute approximate surface area is 92.4 Å². The van der Waals surface area contributed by atoms with Crippen molar-refractivity contribution in [2.24, 2.45) is 0 Å². The Hall–Kier alpha value is -2.77. The van der Waals surface area contributed by atoms with Crippen molar-refractivity contribution >= 4 is 5.69 Å². The number of benzene rings is 1. The predicted octanol–water partition coefficient (Wildman–Crippen LogP) is 2.15. The van der Waals surface area contributed by atoms with Crippen molar-refractivity contribution in [3.63, 3.8) is 0 Å². The molecule has 76 valence electrons. The Morgan fingerprint density at radius 2 is 2.06 bits per heavy atom. The fraction of sp³-hybridized carbons (Fsp3) is 0. The van der Waals surface area contributed by atoms with Crippen molar-refractivity contribution in [1.82, 2.24) is 0 Å². The van der Waals surface area contributed by atoms with Gasteiger partial charge < -0.3 is 5.32 Å². The van der Waals surface area contributed by atoms with Crippen molar-refractivity contribution in [3.8, 4) is 24.5 Å². The molecule has 0 atom stereocenters. The van der Waals surface area contributed by atoms with Crippen LogP contribution >= 0.6 is 0 Å². The maximum Gasteiger partial charge on any atom is 0.145 e. The van der Waals surface area contributed by atoms with Crippen LogP contribution in [0.3, 0.4) is 0 Å². The lowest BCUT2D eigenvalue weighted by Gasteiger charge is -2.01. The van der Waals surface area contributed by atoms with Crippen molar-refractivity contribution in [2.75, 3.05) is 5.32 Å².